The van der Waals surface area contributed by atoms with Crippen molar-refractivity contribution in [3.63, 3.8) is 0 Å². The molecule has 2 aliphatic carbocycles. The van der Waals surface area contributed by atoms with Crippen molar-refractivity contribution in [1.29, 1.82) is 0 Å². The summed E-state index contributed by atoms with van der Waals surface area (Å²) in [6, 6.07) is 0. The highest BCUT2D eigenvalue weighted by atomic mass is 16.4. The van der Waals surface area contributed by atoms with Crippen LogP contribution < -0.4 is 5.32 Å². The summed E-state index contributed by atoms with van der Waals surface area (Å²) in [6.45, 7) is 2.03. The fourth-order valence-corrected chi connectivity index (χ4v) is 1.71. The standard InChI is InChI=1S/C13H15NO3/c1-9-3-2-4-10(6-5-9)14-11(15)13(7-8-13)12(16)17/h2-6,9H,7-8H2,1H3,(H,14,15)(H,16,17). The Balaban J connectivity index is 2.05. The van der Waals surface area contributed by atoms with Gasteiger partial charge in [-0.15, -0.1) is 0 Å². The zero-order valence-corrected chi connectivity index (χ0v) is 9.64. The molecule has 0 heterocycles. The van der Waals surface area contributed by atoms with Crippen molar-refractivity contribution in [2.75, 3.05) is 0 Å². The molecule has 0 bridgehead atoms. The van der Waals surface area contributed by atoms with Crippen molar-refractivity contribution in [1.82, 2.24) is 5.32 Å². The second kappa shape index (κ2) is 4.20. The topological polar surface area (TPSA) is 66.4 Å². The number of allylic oxidation sites excluding steroid dienone is 5. The number of carbonyl (C=O) groups excluding carboxylic acids is 1. The number of aliphatic carboxylic acids is 1. The number of rotatable bonds is 3. The van der Waals surface area contributed by atoms with Gasteiger partial charge in [-0.1, -0.05) is 25.2 Å². The predicted octanol–water partition coefficient (Wildman–Crippen LogP) is 1.61. The summed E-state index contributed by atoms with van der Waals surface area (Å²) in [5, 5.41) is 11.7. The van der Waals surface area contributed by atoms with Crippen LogP contribution in [0, 0.1) is 11.3 Å². The van der Waals surface area contributed by atoms with Crippen LogP contribution in [0.5, 0.6) is 0 Å². The summed E-state index contributed by atoms with van der Waals surface area (Å²) in [5.41, 5.74) is -0.542. The van der Waals surface area contributed by atoms with E-state index in [-0.39, 0.29) is 0 Å². The van der Waals surface area contributed by atoms with Gasteiger partial charge in [-0.05, 0) is 30.9 Å². The fraction of sp³-hybridized carbons (Fsp3) is 0.385. The van der Waals surface area contributed by atoms with Gasteiger partial charge in [0.05, 0.1) is 0 Å². The van der Waals surface area contributed by atoms with E-state index >= 15 is 0 Å². The average molecular weight is 233 g/mol. The smallest absolute Gasteiger partial charge is 0.319 e. The molecule has 4 heteroatoms. The van der Waals surface area contributed by atoms with Crippen molar-refractivity contribution >= 4 is 11.9 Å². The predicted molar refractivity (Wildman–Crippen MR) is 63.0 cm³/mol. The summed E-state index contributed by atoms with van der Waals surface area (Å²) in [4.78, 5) is 22.8. The number of carbonyl (C=O) groups is 2. The molecule has 1 amide bonds. The molecule has 0 aromatic carbocycles. The minimum absolute atomic E-state index is 0.315. The Morgan fingerprint density at radius 2 is 2.12 bits per heavy atom. The molecule has 1 fully saturated rings. The van der Waals surface area contributed by atoms with Crippen molar-refractivity contribution < 1.29 is 14.7 Å². The summed E-state index contributed by atoms with van der Waals surface area (Å²) < 4.78 is 0. The van der Waals surface area contributed by atoms with Crippen LogP contribution >= 0.6 is 0 Å². The molecule has 2 aliphatic rings. The van der Waals surface area contributed by atoms with Crippen LogP contribution in [0.3, 0.4) is 0 Å². The third-order valence-electron chi connectivity index (χ3n) is 3.12. The quantitative estimate of drug-likeness (QED) is 0.728. The Morgan fingerprint density at radius 3 is 2.71 bits per heavy atom. The minimum atomic E-state index is -1.18. The molecule has 4 nitrogen and oxygen atoms in total. The zero-order chi connectivity index (χ0) is 12.5. The van der Waals surface area contributed by atoms with Crippen LogP contribution in [-0.2, 0) is 9.59 Å². The molecule has 2 rings (SSSR count). The minimum Gasteiger partial charge on any atom is -0.480 e. The molecule has 0 aromatic rings. The maximum atomic E-state index is 11.8. The number of carboxylic acids is 1. The van der Waals surface area contributed by atoms with E-state index in [2.05, 4.69) is 5.32 Å². The Kier molecular flexibility index (Phi) is 2.88. The molecule has 1 saturated carbocycles. The van der Waals surface area contributed by atoms with Gasteiger partial charge in [-0.3, -0.25) is 9.59 Å². The number of nitrogens with one attached hydrogen (secondary N) is 1. The van der Waals surface area contributed by atoms with Crippen LogP contribution in [0.25, 0.3) is 0 Å². The lowest BCUT2D eigenvalue weighted by molar-refractivity contribution is -0.148. The van der Waals surface area contributed by atoms with E-state index in [9.17, 15) is 9.59 Å². The monoisotopic (exact) mass is 233 g/mol. The lowest BCUT2D eigenvalue weighted by Crippen LogP contribution is -2.36. The number of hydrogen-bond donors (Lipinski definition) is 2. The summed E-state index contributed by atoms with van der Waals surface area (Å²) in [6.07, 6.45) is 10.3. The number of hydrogen-bond acceptors (Lipinski definition) is 2. The molecule has 1 atom stereocenters. The van der Waals surface area contributed by atoms with Gasteiger partial charge in [0, 0.05) is 5.70 Å². The van der Waals surface area contributed by atoms with Crippen molar-refractivity contribution in [3.8, 4) is 0 Å². The van der Waals surface area contributed by atoms with E-state index in [0.29, 0.717) is 24.5 Å². The van der Waals surface area contributed by atoms with Crippen LogP contribution in [0.15, 0.2) is 36.1 Å². The van der Waals surface area contributed by atoms with Crippen molar-refractivity contribution in [3.05, 3.63) is 36.1 Å². The Hall–Kier alpha value is -1.84. The van der Waals surface area contributed by atoms with Gasteiger partial charge < -0.3 is 10.4 Å². The van der Waals surface area contributed by atoms with E-state index in [1.807, 2.05) is 25.2 Å². The first-order valence-corrected chi connectivity index (χ1v) is 5.66. The highest BCUT2D eigenvalue weighted by Gasteiger charge is 2.57. The van der Waals surface area contributed by atoms with Gasteiger partial charge in [0.15, 0.2) is 0 Å². The second-order valence-corrected chi connectivity index (χ2v) is 4.57. The summed E-state index contributed by atoms with van der Waals surface area (Å²) >= 11 is 0. The molecule has 0 radical (unpaired) electrons. The SMILES string of the molecule is CC1C=CC=C(NC(=O)C2(C(=O)O)CC2)C=C1. The molecule has 1 unspecified atom stereocenters. The Labute approximate surface area is 99.7 Å². The first-order chi connectivity index (χ1) is 8.04. The highest BCUT2D eigenvalue weighted by Crippen LogP contribution is 2.46. The molecule has 0 spiro atoms. The van der Waals surface area contributed by atoms with Crippen molar-refractivity contribution in [2.45, 2.75) is 19.8 Å². The molecule has 0 saturated heterocycles. The maximum absolute atomic E-state index is 11.8. The van der Waals surface area contributed by atoms with Gasteiger partial charge in [-0.2, -0.15) is 0 Å². The van der Waals surface area contributed by atoms with Crippen LogP contribution in [-0.4, -0.2) is 17.0 Å². The molecule has 0 aliphatic heterocycles. The van der Waals surface area contributed by atoms with Crippen LogP contribution in [0.4, 0.5) is 0 Å². The van der Waals surface area contributed by atoms with Gasteiger partial charge in [0.1, 0.15) is 5.41 Å². The summed E-state index contributed by atoms with van der Waals surface area (Å²) in [5.74, 6) is -1.13. The van der Waals surface area contributed by atoms with E-state index in [0.717, 1.165) is 0 Å². The molecular weight excluding hydrogens is 218 g/mol. The van der Waals surface area contributed by atoms with Gasteiger partial charge >= 0.3 is 5.97 Å². The molecule has 2 N–H and O–H groups in total. The Bertz CT molecular complexity index is 442. The molecule has 0 aromatic heterocycles. The lowest BCUT2D eigenvalue weighted by Gasteiger charge is -2.10. The third kappa shape index (κ3) is 2.30. The van der Waals surface area contributed by atoms with Crippen LogP contribution in [0.2, 0.25) is 0 Å². The summed E-state index contributed by atoms with van der Waals surface area (Å²) in [7, 11) is 0. The van der Waals surface area contributed by atoms with E-state index in [1.165, 1.54) is 0 Å². The second-order valence-electron chi connectivity index (χ2n) is 4.57. The number of carboxylic acid groups (broad SMARTS) is 1. The molecular formula is C13H15NO3. The van der Waals surface area contributed by atoms with Crippen LogP contribution in [0.1, 0.15) is 19.8 Å². The van der Waals surface area contributed by atoms with E-state index in [1.54, 1.807) is 12.2 Å². The normalized spacial score (nSPS) is 24.8. The van der Waals surface area contributed by atoms with Gasteiger partial charge in [0.25, 0.3) is 0 Å². The van der Waals surface area contributed by atoms with Crippen molar-refractivity contribution in [2.24, 2.45) is 11.3 Å². The first-order valence-electron chi connectivity index (χ1n) is 5.66. The zero-order valence-electron chi connectivity index (χ0n) is 9.64. The van der Waals surface area contributed by atoms with E-state index in [4.69, 9.17) is 5.11 Å². The number of amides is 1. The van der Waals surface area contributed by atoms with Gasteiger partial charge in [0.2, 0.25) is 5.91 Å². The fourth-order valence-electron chi connectivity index (χ4n) is 1.71. The van der Waals surface area contributed by atoms with Gasteiger partial charge in [-0.25, -0.2) is 0 Å². The maximum Gasteiger partial charge on any atom is 0.319 e. The Morgan fingerprint density at radius 1 is 1.41 bits per heavy atom. The molecule has 90 valence electrons. The lowest BCUT2D eigenvalue weighted by atomic mass is 10.1. The highest BCUT2D eigenvalue weighted by molar-refractivity contribution is 6.05. The third-order valence-corrected chi connectivity index (χ3v) is 3.12. The van der Waals surface area contributed by atoms with E-state index < -0.39 is 17.3 Å². The largest absolute Gasteiger partial charge is 0.480 e. The first kappa shape index (κ1) is 11.6. The average Bonchev–Trinajstić information content (AvgIpc) is 3.05. The molecule has 17 heavy (non-hydrogen) atoms.